The van der Waals surface area contributed by atoms with Gasteiger partial charge in [-0.15, -0.1) is 0 Å². The van der Waals surface area contributed by atoms with E-state index in [1.165, 1.54) is 42.5 Å². The molecule has 3 aliphatic heterocycles. The summed E-state index contributed by atoms with van der Waals surface area (Å²) in [7, 11) is 2.22. The Bertz CT molecular complexity index is 2870. The zero-order valence-corrected chi connectivity index (χ0v) is 37.1. The molecule has 0 unspecified atom stereocenters. The molecule has 2 saturated heterocycles. The van der Waals surface area contributed by atoms with Crippen LogP contribution >= 0.6 is 0 Å². The van der Waals surface area contributed by atoms with Crippen molar-refractivity contribution < 1.29 is 62.5 Å². The van der Waals surface area contributed by atoms with Gasteiger partial charge in [0.1, 0.15) is 36.5 Å². The number of aliphatic hydroxyl groups excluding tert-OH is 1. The van der Waals surface area contributed by atoms with E-state index in [1.807, 2.05) is 18.2 Å². The molecule has 0 bridgehead atoms. The average Bonchev–Trinajstić information content (AvgIpc) is 3.83. The number of cyclic esters (lactones) is 1. The van der Waals surface area contributed by atoms with Crippen molar-refractivity contribution in [1.82, 2.24) is 4.90 Å². The van der Waals surface area contributed by atoms with Gasteiger partial charge in [0.25, 0.3) is 5.69 Å². The Morgan fingerprint density at radius 2 is 1.49 bits per heavy atom. The molecule has 3 amide bonds. The number of carbonyl (C=O) groups is 6. The van der Waals surface area contributed by atoms with Crippen LogP contribution in [-0.2, 0) is 54.9 Å². The lowest BCUT2D eigenvalue weighted by Crippen LogP contribution is -2.55. The minimum absolute atomic E-state index is 0.0461. The number of amides is 3. The molecular formula is C51H44N4O14. The van der Waals surface area contributed by atoms with E-state index in [4.69, 9.17) is 29.4 Å². The number of non-ortho nitro benzene ring substituents is 1. The molecular weight excluding hydrogens is 893 g/mol. The number of benzene rings is 5. The number of nitrogens with two attached hydrogens (primary N) is 1. The second kappa shape index (κ2) is 19.8. The number of anilines is 1. The van der Waals surface area contributed by atoms with E-state index in [0.29, 0.717) is 22.3 Å². The number of nitro benzene ring substituents is 1. The third-order valence-electron chi connectivity index (χ3n) is 12.5. The van der Waals surface area contributed by atoms with Gasteiger partial charge in [0.2, 0.25) is 11.8 Å². The molecule has 1 spiro atoms. The van der Waals surface area contributed by atoms with E-state index in [2.05, 4.69) is 11.8 Å². The fourth-order valence-electron chi connectivity index (χ4n) is 9.66. The van der Waals surface area contributed by atoms with Crippen molar-refractivity contribution in [3.63, 3.8) is 0 Å². The summed E-state index contributed by atoms with van der Waals surface area (Å²) in [5.41, 5.74) is 6.12. The SMILES string of the molecule is COC(=O)C(CC#Cc1ccc2c(c1)[C@]1(C(=O)N2C(=O)OCc2ccc([N+](=O)[O-])cc2)[C@H](c2cccc(OCCO)c2)N2[C@H](c3ccccc3)[C@H](c3ccccc3)OC(=O)[C@H]2[C@@H]1C(N)=O)C(=O)OC. The summed E-state index contributed by atoms with van der Waals surface area (Å²) in [5, 5.41) is 21.1. The highest BCUT2D eigenvalue weighted by molar-refractivity contribution is 6.23. The van der Waals surface area contributed by atoms with Crippen LogP contribution in [0.15, 0.2) is 127 Å². The smallest absolute Gasteiger partial charge is 0.421 e. The molecule has 18 nitrogen and oxygen atoms in total. The highest BCUT2D eigenvalue weighted by atomic mass is 16.6. The second-order valence-electron chi connectivity index (χ2n) is 16.3. The number of esters is 3. The summed E-state index contributed by atoms with van der Waals surface area (Å²) < 4.78 is 27.6. The first-order chi connectivity index (χ1) is 33.3. The van der Waals surface area contributed by atoms with Crippen molar-refractivity contribution in [2.45, 2.75) is 42.7 Å². The van der Waals surface area contributed by atoms with E-state index >= 15 is 4.79 Å². The van der Waals surface area contributed by atoms with E-state index in [1.54, 1.807) is 71.6 Å². The summed E-state index contributed by atoms with van der Waals surface area (Å²) in [6, 6.07) is 30.4. The number of hydrogen-bond donors (Lipinski definition) is 2. The van der Waals surface area contributed by atoms with E-state index < -0.39 is 88.8 Å². The Balaban J connectivity index is 1.38. The van der Waals surface area contributed by atoms with Gasteiger partial charge >= 0.3 is 24.0 Å². The zero-order chi connectivity index (χ0) is 49.0. The quantitative estimate of drug-likeness (QED) is 0.0387. The Labute approximate surface area is 394 Å². The van der Waals surface area contributed by atoms with Crippen molar-refractivity contribution in [3.8, 4) is 17.6 Å². The van der Waals surface area contributed by atoms with Crippen molar-refractivity contribution in [3.05, 3.63) is 171 Å². The normalized spacial score (nSPS) is 21.3. The third kappa shape index (κ3) is 8.60. The van der Waals surface area contributed by atoms with Crippen LogP contribution in [0.1, 0.15) is 58.0 Å². The Morgan fingerprint density at radius 1 is 0.841 bits per heavy atom. The van der Waals surface area contributed by atoms with Gasteiger partial charge in [0.05, 0.1) is 49.4 Å². The number of hydrogen-bond acceptors (Lipinski definition) is 15. The molecule has 8 rings (SSSR count). The number of imide groups is 1. The molecule has 0 aromatic heterocycles. The summed E-state index contributed by atoms with van der Waals surface area (Å²) in [4.78, 5) is 98.7. The van der Waals surface area contributed by atoms with Crippen LogP contribution < -0.4 is 15.4 Å². The standard InChI is InChI=1S/C51H44N4O14/c1-65-46(58)37(47(59)66-2)18-9-11-30-21-24-39-38(27-30)51(49(61)53(39)50(62)68-29-31-19-22-35(23-20-31)55(63)64)40(45(52)57)42-48(60)69-43(33-14-7-4-8-15-33)41(32-12-5-3-6-13-32)54(42)44(51)34-16-10-17-36(28-34)67-26-25-56/h3-8,10,12-17,19-24,27-28,37,40-44,56H,18,25-26,29H2,1-2H3,(H2,52,57)/t40-,41-,42-,43+,44+,51-/m1/s1. The van der Waals surface area contributed by atoms with Gasteiger partial charge in [-0.25, -0.2) is 9.69 Å². The minimum Gasteiger partial charge on any atom is -0.491 e. The molecule has 69 heavy (non-hydrogen) atoms. The monoisotopic (exact) mass is 936 g/mol. The molecule has 3 aliphatic rings. The first-order valence-corrected chi connectivity index (χ1v) is 21.6. The predicted octanol–water partition coefficient (Wildman–Crippen LogP) is 5.16. The lowest BCUT2D eigenvalue weighted by Gasteiger charge is -2.46. The number of methoxy groups -OCH3 is 2. The Morgan fingerprint density at radius 3 is 2.12 bits per heavy atom. The van der Waals surface area contributed by atoms with Gasteiger partial charge in [-0.3, -0.25) is 39.0 Å². The van der Waals surface area contributed by atoms with Crippen molar-refractivity contribution in [2.24, 2.45) is 17.6 Å². The van der Waals surface area contributed by atoms with Crippen LogP contribution in [0.4, 0.5) is 16.2 Å². The molecule has 352 valence electrons. The maximum absolute atomic E-state index is 16.2. The lowest BCUT2D eigenvalue weighted by atomic mass is 9.65. The maximum Gasteiger partial charge on any atom is 0.421 e. The predicted molar refractivity (Wildman–Crippen MR) is 242 cm³/mol. The van der Waals surface area contributed by atoms with Crippen LogP contribution in [0.3, 0.4) is 0 Å². The minimum atomic E-state index is -2.26. The fourth-order valence-corrected chi connectivity index (χ4v) is 9.66. The van der Waals surface area contributed by atoms with E-state index in [-0.39, 0.29) is 47.9 Å². The fraction of sp³-hybridized carbons (Fsp3) is 0.255. The molecule has 0 saturated carbocycles. The molecule has 18 heteroatoms. The van der Waals surface area contributed by atoms with Crippen LogP contribution in [0.25, 0.3) is 0 Å². The number of nitrogens with zero attached hydrogens (tertiary/aromatic N) is 3. The largest absolute Gasteiger partial charge is 0.491 e. The van der Waals surface area contributed by atoms with Crippen molar-refractivity contribution in [2.75, 3.05) is 32.3 Å². The third-order valence-corrected chi connectivity index (χ3v) is 12.5. The molecule has 5 aromatic carbocycles. The van der Waals surface area contributed by atoms with Gasteiger partial charge in [-0.05, 0) is 70.3 Å². The number of ether oxygens (including phenoxy) is 5. The van der Waals surface area contributed by atoms with E-state index in [9.17, 15) is 39.2 Å². The van der Waals surface area contributed by atoms with Gasteiger partial charge < -0.3 is 34.5 Å². The first kappa shape index (κ1) is 47.1. The number of carbonyl (C=O) groups excluding carboxylic acids is 6. The number of rotatable bonds is 13. The van der Waals surface area contributed by atoms with E-state index in [0.717, 1.165) is 19.1 Å². The molecule has 3 heterocycles. The Hall–Kier alpha value is -8.40. The number of aliphatic hydroxyl groups is 1. The molecule has 5 aromatic rings. The molecule has 2 fully saturated rings. The topological polar surface area (TPSA) is 244 Å². The second-order valence-corrected chi connectivity index (χ2v) is 16.3. The van der Waals surface area contributed by atoms with Gasteiger partial charge in [-0.1, -0.05) is 84.6 Å². The number of primary amides is 1. The summed E-state index contributed by atoms with van der Waals surface area (Å²) in [6.45, 7) is -0.866. The summed E-state index contributed by atoms with van der Waals surface area (Å²) in [5.74, 6) is -1.87. The first-order valence-electron chi connectivity index (χ1n) is 21.6. The highest BCUT2D eigenvalue weighted by Gasteiger charge is 2.75. The lowest BCUT2D eigenvalue weighted by molar-refractivity contribution is -0.384. The molecule has 0 radical (unpaired) electrons. The average molecular weight is 937 g/mol. The van der Waals surface area contributed by atoms with Crippen LogP contribution in [0.2, 0.25) is 0 Å². The number of nitro groups is 1. The number of fused-ring (bicyclic) bond motifs is 3. The maximum atomic E-state index is 16.2. The van der Waals surface area contributed by atoms with Crippen molar-refractivity contribution >= 4 is 47.2 Å². The molecule has 6 atom stereocenters. The van der Waals surface area contributed by atoms with Gasteiger partial charge in [0, 0.05) is 24.1 Å². The summed E-state index contributed by atoms with van der Waals surface area (Å²) >= 11 is 0. The summed E-state index contributed by atoms with van der Waals surface area (Å²) in [6.07, 6.45) is -2.55. The van der Waals surface area contributed by atoms with Gasteiger partial charge in [-0.2, -0.15) is 0 Å². The highest BCUT2D eigenvalue weighted by Crippen LogP contribution is 2.66. The van der Waals surface area contributed by atoms with Gasteiger partial charge in [0.15, 0.2) is 5.92 Å². The van der Waals surface area contributed by atoms with Crippen LogP contribution in [0.5, 0.6) is 5.75 Å². The van der Waals surface area contributed by atoms with Crippen molar-refractivity contribution in [1.29, 1.82) is 0 Å². The molecule has 0 aliphatic carbocycles. The zero-order valence-electron chi connectivity index (χ0n) is 37.1. The van der Waals surface area contributed by atoms with Crippen LogP contribution in [0, 0.1) is 33.8 Å². The Kier molecular flexibility index (Phi) is 13.5. The molecule has 3 N–H and O–H groups in total. The van der Waals surface area contributed by atoms with Crippen LogP contribution in [-0.4, -0.2) is 84.2 Å². The number of morpholine rings is 1.